The van der Waals surface area contributed by atoms with E-state index in [0.717, 1.165) is 8.95 Å². The Morgan fingerprint density at radius 3 is 1.28 bits per heavy atom. The number of carbonyl (C=O) groups excluding carboxylic acids is 11. The molecule has 0 saturated carbocycles. The van der Waals surface area contributed by atoms with Crippen molar-refractivity contribution in [1.82, 2.24) is 53.2 Å². The Bertz CT molecular complexity index is 2330. The molecular formula is C48H68Br2N12O14. The minimum Gasteiger partial charge on any atom is -0.394 e. The van der Waals surface area contributed by atoms with Crippen molar-refractivity contribution < 1.29 is 68.1 Å². The zero-order valence-corrected chi connectivity index (χ0v) is 45.0. The molecule has 1 saturated heterocycles. The highest BCUT2D eigenvalue weighted by Crippen LogP contribution is 2.13. The Morgan fingerprint density at radius 1 is 0.539 bits per heavy atom. The third-order valence-corrected chi connectivity index (χ3v) is 12.9. The largest absolute Gasteiger partial charge is 0.394 e. The number of carbonyl (C=O) groups is 11. The van der Waals surface area contributed by atoms with E-state index in [1.807, 2.05) is 0 Å². The zero-order chi connectivity index (χ0) is 56.3. The molecule has 1 aliphatic rings. The molecular weight excluding hydrogens is 1130 g/mol. The molecule has 28 heteroatoms. The number of primary amides is 2. The Labute approximate surface area is 455 Å². The summed E-state index contributed by atoms with van der Waals surface area (Å²) in [5, 5.41) is 55.6. The smallest absolute Gasteiger partial charge is 0.251 e. The molecule has 0 bridgehead atoms. The van der Waals surface area contributed by atoms with E-state index in [2.05, 4.69) is 85.0 Å². The molecule has 26 nitrogen and oxygen atoms in total. The standard InChI is InChI=1S/C48H68Br2N12O14/c1-26(39(52)67)56-43(71)32(7-2-4-20-54-40(68)27-10-14-29(49)15-11-27)57-46(74)36(24-64)61-44(72)33(8-3-5-21-55-41(69)28-12-16-30(50)17-13-28)58-47(75)37(25-65)62-45(73)34(18-19-38(51)66)59-48(76)35(23-63)60-42(70)31-9-6-22-53-31/h10-17,26,31-37,53,63-65H,2-9,18-25H2,1H3,(H2,51,66)(H2,52,67)(H,54,68)(H,55,69)(H,56,71)(H,57,74)(H,58,75)(H,59,76)(H,60,70)(H,61,72)(H,62,73)/t26-,31-,32-,33-,34-,35-,36-,37-/m0/s1. The average Bonchev–Trinajstić information content (AvgIpc) is 3.94. The predicted octanol–water partition coefficient (Wildman–Crippen LogP) is -3.39. The first-order chi connectivity index (χ1) is 36.2. The first-order valence-corrected chi connectivity index (χ1v) is 26.1. The average molecular weight is 1200 g/mol. The van der Waals surface area contributed by atoms with Crippen LogP contribution >= 0.6 is 31.9 Å². The van der Waals surface area contributed by atoms with Gasteiger partial charge in [-0.05, 0) is 120 Å². The monoisotopic (exact) mass is 1190 g/mol. The minimum absolute atomic E-state index is 0.0433. The summed E-state index contributed by atoms with van der Waals surface area (Å²) in [6, 6.07) is 1.80. The van der Waals surface area contributed by atoms with Crippen LogP contribution in [0.15, 0.2) is 57.5 Å². The quantitative estimate of drug-likeness (QED) is 0.0310. The van der Waals surface area contributed by atoms with E-state index in [0.29, 0.717) is 36.9 Å². The van der Waals surface area contributed by atoms with Crippen LogP contribution < -0.4 is 64.6 Å². The van der Waals surface area contributed by atoms with Gasteiger partial charge < -0.3 is 80.0 Å². The van der Waals surface area contributed by atoms with Gasteiger partial charge in [-0.2, -0.15) is 0 Å². The molecule has 0 spiro atoms. The maximum absolute atomic E-state index is 14.0. The summed E-state index contributed by atoms with van der Waals surface area (Å²) in [7, 11) is 0. The number of benzene rings is 2. The van der Waals surface area contributed by atoms with Crippen LogP contribution in [0.3, 0.4) is 0 Å². The second-order valence-corrected chi connectivity index (χ2v) is 19.5. The van der Waals surface area contributed by atoms with Crippen LogP contribution in [0.2, 0.25) is 0 Å². The van der Waals surface area contributed by atoms with Crippen molar-refractivity contribution in [2.45, 2.75) is 119 Å². The van der Waals surface area contributed by atoms with E-state index in [1.54, 1.807) is 48.5 Å². The van der Waals surface area contributed by atoms with Gasteiger partial charge in [0.05, 0.1) is 25.9 Å². The molecule has 0 aliphatic carbocycles. The van der Waals surface area contributed by atoms with Crippen LogP contribution in [0, 0.1) is 0 Å². The van der Waals surface area contributed by atoms with E-state index >= 15 is 0 Å². The Hall–Kier alpha value is -6.59. The normalized spacial score (nSPS) is 15.6. The number of hydrogen-bond donors (Lipinski definition) is 15. The molecule has 0 unspecified atom stereocenters. The summed E-state index contributed by atoms with van der Waals surface area (Å²) < 4.78 is 1.54. The van der Waals surface area contributed by atoms with Crippen LogP contribution in [0.1, 0.15) is 91.8 Å². The molecule has 2 aromatic rings. The number of amides is 11. The van der Waals surface area contributed by atoms with Crippen molar-refractivity contribution in [3.05, 3.63) is 68.6 Å². The fourth-order valence-electron chi connectivity index (χ4n) is 7.36. The van der Waals surface area contributed by atoms with Gasteiger partial charge in [0.15, 0.2) is 0 Å². The van der Waals surface area contributed by atoms with E-state index in [1.165, 1.54) is 6.92 Å². The molecule has 8 atom stereocenters. The first kappa shape index (κ1) is 63.7. The van der Waals surface area contributed by atoms with Gasteiger partial charge in [-0.15, -0.1) is 0 Å². The number of rotatable bonds is 33. The van der Waals surface area contributed by atoms with Crippen molar-refractivity contribution in [3.8, 4) is 0 Å². The minimum atomic E-state index is -1.82. The lowest BCUT2D eigenvalue weighted by atomic mass is 10.1. The van der Waals surface area contributed by atoms with Gasteiger partial charge in [0.1, 0.15) is 42.3 Å². The number of nitrogens with one attached hydrogen (secondary N) is 10. The molecule has 3 rings (SSSR count). The summed E-state index contributed by atoms with van der Waals surface area (Å²) in [6.07, 6.45) is 1.04. The van der Waals surface area contributed by atoms with Gasteiger partial charge >= 0.3 is 0 Å². The van der Waals surface area contributed by atoms with Gasteiger partial charge in [0.2, 0.25) is 53.2 Å². The first-order valence-electron chi connectivity index (χ1n) is 24.5. The van der Waals surface area contributed by atoms with Crippen molar-refractivity contribution >= 4 is 96.8 Å². The fraction of sp³-hybridized carbons (Fsp3) is 0.521. The molecule has 1 fully saturated rings. The number of aliphatic hydroxyl groups is 3. The molecule has 1 aliphatic heterocycles. The summed E-state index contributed by atoms with van der Waals surface area (Å²) in [6.45, 7) is -0.804. The van der Waals surface area contributed by atoms with Crippen molar-refractivity contribution in [2.75, 3.05) is 39.5 Å². The number of hydrogen-bond acceptors (Lipinski definition) is 15. The number of unbranched alkanes of at least 4 members (excludes halogenated alkanes) is 2. The van der Waals surface area contributed by atoms with Gasteiger partial charge in [-0.1, -0.05) is 31.9 Å². The van der Waals surface area contributed by atoms with Gasteiger partial charge in [-0.3, -0.25) is 52.7 Å². The molecule has 0 radical (unpaired) electrons. The summed E-state index contributed by atoms with van der Waals surface area (Å²) in [4.78, 5) is 143. The summed E-state index contributed by atoms with van der Waals surface area (Å²) in [5.74, 6) is -9.29. The Morgan fingerprint density at radius 2 is 0.908 bits per heavy atom. The highest BCUT2D eigenvalue weighted by Gasteiger charge is 2.34. The van der Waals surface area contributed by atoms with Crippen LogP contribution in [0.5, 0.6) is 0 Å². The van der Waals surface area contributed by atoms with Crippen molar-refractivity contribution in [2.24, 2.45) is 11.5 Å². The molecule has 418 valence electrons. The number of nitrogens with two attached hydrogens (primary N) is 2. The molecule has 1 heterocycles. The maximum atomic E-state index is 14.0. The van der Waals surface area contributed by atoms with Crippen LogP contribution in [-0.2, 0) is 43.2 Å². The number of aliphatic hydroxyl groups excluding tert-OH is 3. The van der Waals surface area contributed by atoms with Crippen molar-refractivity contribution in [3.63, 3.8) is 0 Å². The molecule has 2 aromatic carbocycles. The van der Waals surface area contributed by atoms with Crippen LogP contribution in [-0.4, -0.2) is 168 Å². The topological polar surface area (TPSA) is 421 Å². The lowest BCUT2D eigenvalue weighted by molar-refractivity contribution is -0.137. The third-order valence-electron chi connectivity index (χ3n) is 11.8. The molecule has 11 amide bonds. The van der Waals surface area contributed by atoms with E-state index in [9.17, 15) is 68.1 Å². The summed E-state index contributed by atoms with van der Waals surface area (Å²) in [5.41, 5.74) is 11.4. The van der Waals surface area contributed by atoms with E-state index in [4.69, 9.17) is 11.5 Å². The molecule has 17 N–H and O–H groups in total. The van der Waals surface area contributed by atoms with Gasteiger partial charge in [-0.25, -0.2) is 0 Å². The van der Waals surface area contributed by atoms with Crippen molar-refractivity contribution in [1.29, 1.82) is 0 Å². The lowest BCUT2D eigenvalue weighted by Gasteiger charge is -2.27. The Balaban J connectivity index is 1.77. The lowest BCUT2D eigenvalue weighted by Crippen LogP contribution is -2.61. The van der Waals surface area contributed by atoms with E-state index in [-0.39, 0.29) is 51.1 Å². The van der Waals surface area contributed by atoms with Gasteiger partial charge in [0.25, 0.3) is 11.8 Å². The van der Waals surface area contributed by atoms with Crippen LogP contribution in [0.25, 0.3) is 0 Å². The van der Waals surface area contributed by atoms with E-state index < -0.39 is 140 Å². The zero-order valence-electron chi connectivity index (χ0n) is 41.8. The van der Waals surface area contributed by atoms with Gasteiger partial charge in [0, 0.05) is 39.6 Å². The maximum Gasteiger partial charge on any atom is 0.251 e. The summed E-state index contributed by atoms with van der Waals surface area (Å²) >= 11 is 6.61. The molecule has 76 heavy (non-hydrogen) atoms. The third kappa shape index (κ3) is 22.3. The number of halogens is 2. The second kappa shape index (κ2) is 33.4. The molecule has 0 aromatic heterocycles. The fourth-order valence-corrected chi connectivity index (χ4v) is 7.89. The SMILES string of the molecule is C[C@H](NC(=O)[C@H](CCCCNC(=O)c1ccc(Br)cc1)NC(=O)[C@H](CO)NC(=O)[C@H](CCCCNC(=O)c1ccc(Br)cc1)NC(=O)[C@H](CO)NC(=O)[C@H](CCC(N)=O)NC(=O)[C@H](CO)NC(=O)[C@@H]1CCCN1)C(N)=O. The predicted molar refractivity (Wildman–Crippen MR) is 280 cm³/mol. The van der Waals surface area contributed by atoms with Crippen LogP contribution in [0.4, 0.5) is 0 Å². The highest BCUT2D eigenvalue weighted by molar-refractivity contribution is 9.10. The second-order valence-electron chi connectivity index (χ2n) is 17.7. The Kier molecular flexibility index (Phi) is 28.0. The highest BCUT2D eigenvalue weighted by atomic mass is 79.9.